The monoisotopic (exact) mass is 402 g/mol. The van der Waals surface area contributed by atoms with Crippen LogP contribution >= 0.6 is 23.1 Å². The molecule has 1 aromatic carbocycles. The predicted molar refractivity (Wildman–Crippen MR) is 104 cm³/mol. The van der Waals surface area contributed by atoms with Gasteiger partial charge in [0.1, 0.15) is 22.0 Å². The van der Waals surface area contributed by atoms with E-state index in [9.17, 15) is 9.18 Å². The van der Waals surface area contributed by atoms with Crippen LogP contribution in [0.4, 0.5) is 4.39 Å². The number of carbonyl (C=O) groups is 1. The number of fused-ring (bicyclic) bond motifs is 2. The topological polar surface area (TPSA) is 69.9 Å². The van der Waals surface area contributed by atoms with Crippen molar-refractivity contribution < 1.29 is 13.9 Å². The van der Waals surface area contributed by atoms with E-state index >= 15 is 0 Å². The molecule has 3 heterocycles. The molecule has 0 fully saturated rings. The Bertz CT molecular complexity index is 1160. The van der Waals surface area contributed by atoms with Crippen LogP contribution in [0.2, 0.25) is 0 Å². The lowest BCUT2D eigenvalue weighted by atomic mass is 10.1. The summed E-state index contributed by atoms with van der Waals surface area (Å²) in [6.07, 6.45) is 3.18. The van der Waals surface area contributed by atoms with E-state index in [2.05, 4.69) is 15.1 Å². The molecule has 27 heavy (non-hydrogen) atoms. The lowest BCUT2D eigenvalue weighted by Crippen LogP contribution is -2.05. The van der Waals surface area contributed by atoms with Gasteiger partial charge in [-0.25, -0.2) is 19.2 Å². The van der Waals surface area contributed by atoms with Crippen LogP contribution in [0.15, 0.2) is 35.7 Å². The smallest absolute Gasteiger partial charge is 0.348 e. The van der Waals surface area contributed by atoms with E-state index < -0.39 is 5.97 Å². The summed E-state index contributed by atoms with van der Waals surface area (Å²) in [5, 5.41) is 6.23. The maximum Gasteiger partial charge on any atom is 0.348 e. The molecule has 138 valence electrons. The van der Waals surface area contributed by atoms with Crippen molar-refractivity contribution in [2.24, 2.45) is 7.05 Å². The molecule has 0 N–H and O–H groups in total. The summed E-state index contributed by atoms with van der Waals surface area (Å²) in [5.74, 6) is -0.386. The molecule has 9 heteroatoms. The van der Waals surface area contributed by atoms with Crippen LogP contribution in [-0.4, -0.2) is 32.3 Å². The first-order chi connectivity index (χ1) is 13.1. The van der Waals surface area contributed by atoms with Crippen molar-refractivity contribution in [3.8, 4) is 0 Å². The zero-order valence-electron chi connectivity index (χ0n) is 14.6. The summed E-state index contributed by atoms with van der Waals surface area (Å²) in [7, 11) is 1.81. The van der Waals surface area contributed by atoms with Gasteiger partial charge in [0, 0.05) is 22.9 Å². The van der Waals surface area contributed by atoms with Gasteiger partial charge < -0.3 is 4.74 Å². The van der Waals surface area contributed by atoms with Gasteiger partial charge in [0.25, 0.3) is 0 Å². The number of ether oxygens (including phenoxy) is 1. The third kappa shape index (κ3) is 3.17. The summed E-state index contributed by atoms with van der Waals surface area (Å²) < 4.78 is 22.1. The summed E-state index contributed by atoms with van der Waals surface area (Å²) in [6.45, 7) is 2.02. The molecule has 3 aromatic heterocycles. The Morgan fingerprint density at radius 1 is 1.37 bits per heavy atom. The Morgan fingerprint density at radius 3 is 3.04 bits per heavy atom. The fraction of sp³-hybridized carbons (Fsp3) is 0.222. The average Bonchev–Trinajstić information content (AvgIpc) is 3.22. The van der Waals surface area contributed by atoms with Crippen molar-refractivity contribution in [2.75, 3.05) is 6.61 Å². The molecule has 0 saturated carbocycles. The highest BCUT2D eigenvalue weighted by Crippen LogP contribution is 2.38. The fourth-order valence-corrected chi connectivity index (χ4v) is 5.07. The van der Waals surface area contributed by atoms with Crippen LogP contribution in [0.25, 0.3) is 21.1 Å². The molecule has 0 aliphatic carbocycles. The number of halogens is 1. The first-order valence-electron chi connectivity index (χ1n) is 8.22. The summed E-state index contributed by atoms with van der Waals surface area (Å²) >= 11 is 2.67. The van der Waals surface area contributed by atoms with Gasteiger partial charge in [-0.15, -0.1) is 23.1 Å². The van der Waals surface area contributed by atoms with Crippen LogP contribution in [0.5, 0.6) is 0 Å². The number of hydrogen-bond donors (Lipinski definition) is 0. The first-order valence-corrected chi connectivity index (χ1v) is 10.0. The molecule has 0 bridgehead atoms. The lowest BCUT2D eigenvalue weighted by Gasteiger charge is -2.06. The molecule has 0 aliphatic rings. The minimum Gasteiger partial charge on any atom is -0.462 e. The van der Waals surface area contributed by atoms with Crippen molar-refractivity contribution >= 4 is 50.2 Å². The van der Waals surface area contributed by atoms with Crippen molar-refractivity contribution in [1.82, 2.24) is 19.7 Å². The van der Waals surface area contributed by atoms with Crippen LogP contribution in [-0.2, 0) is 17.5 Å². The summed E-state index contributed by atoms with van der Waals surface area (Å²) in [6, 6.07) is 4.86. The number of carbonyl (C=O) groups excluding carboxylic acids is 1. The molecule has 0 atom stereocenters. The van der Waals surface area contributed by atoms with Gasteiger partial charge in [-0.1, -0.05) is 6.07 Å². The van der Waals surface area contributed by atoms with Gasteiger partial charge in [-0.3, -0.25) is 4.68 Å². The zero-order valence-corrected chi connectivity index (χ0v) is 16.2. The van der Waals surface area contributed by atoms with Crippen molar-refractivity contribution in [2.45, 2.75) is 17.7 Å². The molecule has 0 saturated heterocycles. The second kappa shape index (κ2) is 7.24. The van der Waals surface area contributed by atoms with E-state index in [0.717, 1.165) is 20.8 Å². The number of aryl methyl sites for hydroxylation is 1. The van der Waals surface area contributed by atoms with Crippen LogP contribution < -0.4 is 0 Å². The molecule has 4 aromatic rings. The number of aromatic nitrogens is 4. The maximum absolute atomic E-state index is 14.5. The van der Waals surface area contributed by atoms with Gasteiger partial charge in [-0.05, 0) is 24.6 Å². The second-order valence-corrected chi connectivity index (χ2v) is 7.73. The Hall–Kier alpha value is -2.52. The number of benzene rings is 1. The molecule has 0 aliphatic heterocycles. The predicted octanol–water partition coefficient (Wildman–Crippen LogP) is 4.19. The van der Waals surface area contributed by atoms with Crippen molar-refractivity contribution in [1.29, 1.82) is 0 Å². The quantitative estimate of drug-likeness (QED) is 0.283. The fourth-order valence-electron chi connectivity index (χ4n) is 2.86. The molecule has 0 spiro atoms. The highest BCUT2D eigenvalue weighted by atomic mass is 32.2. The second-order valence-electron chi connectivity index (χ2n) is 5.72. The average molecular weight is 402 g/mol. The van der Waals surface area contributed by atoms with E-state index in [4.69, 9.17) is 4.74 Å². The number of rotatable bonds is 5. The Kier molecular flexibility index (Phi) is 4.79. The van der Waals surface area contributed by atoms with Crippen LogP contribution in [0.3, 0.4) is 0 Å². The first kappa shape index (κ1) is 17.9. The van der Waals surface area contributed by atoms with Crippen molar-refractivity contribution in [3.05, 3.63) is 47.0 Å². The number of thioether (sulfide) groups is 1. The third-order valence-electron chi connectivity index (χ3n) is 4.07. The van der Waals surface area contributed by atoms with Gasteiger partial charge in [0.05, 0.1) is 18.2 Å². The lowest BCUT2D eigenvalue weighted by molar-refractivity contribution is 0.0531. The summed E-state index contributed by atoms with van der Waals surface area (Å²) in [4.78, 5) is 21.4. The molecule has 0 unspecified atom stereocenters. The van der Waals surface area contributed by atoms with E-state index in [1.807, 2.05) is 13.1 Å². The maximum atomic E-state index is 14.5. The van der Waals surface area contributed by atoms with Gasteiger partial charge >= 0.3 is 5.97 Å². The summed E-state index contributed by atoms with van der Waals surface area (Å²) in [5.41, 5.74) is 1.35. The minimum absolute atomic E-state index is 0.268. The van der Waals surface area contributed by atoms with E-state index in [1.54, 1.807) is 23.9 Å². The number of esters is 1. The normalized spacial score (nSPS) is 11.4. The largest absolute Gasteiger partial charge is 0.462 e. The molecule has 4 rings (SSSR count). The Balaban J connectivity index is 1.76. The van der Waals surface area contributed by atoms with Gasteiger partial charge in [0.2, 0.25) is 0 Å². The standard InChI is InChI=1S/C18H15FN4O2S2/c1-3-25-18(24)15-11(14-12(19)5-4-6-13(14)27-15)8-26-17-10-7-22-23(2)16(10)20-9-21-17/h4-7,9H,3,8H2,1-2H3. The molecule has 6 nitrogen and oxygen atoms in total. The highest BCUT2D eigenvalue weighted by Gasteiger charge is 2.22. The Morgan fingerprint density at radius 2 is 2.22 bits per heavy atom. The van der Waals surface area contributed by atoms with E-state index in [-0.39, 0.29) is 12.4 Å². The highest BCUT2D eigenvalue weighted by molar-refractivity contribution is 7.98. The van der Waals surface area contributed by atoms with E-state index in [0.29, 0.717) is 21.6 Å². The SMILES string of the molecule is CCOC(=O)c1sc2cccc(F)c2c1CSc1ncnc2c1cnn2C. The van der Waals surface area contributed by atoms with Gasteiger partial charge in [-0.2, -0.15) is 5.10 Å². The molecular formula is C18H15FN4O2S2. The Labute approximate surface area is 162 Å². The van der Waals surface area contributed by atoms with Crippen LogP contribution in [0, 0.1) is 5.82 Å². The van der Waals surface area contributed by atoms with Crippen LogP contribution in [0.1, 0.15) is 22.2 Å². The number of nitrogens with zero attached hydrogens (tertiary/aromatic N) is 4. The van der Waals surface area contributed by atoms with Gasteiger partial charge in [0.15, 0.2) is 5.65 Å². The number of hydrogen-bond acceptors (Lipinski definition) is 7. The third-order valence-corrected chi connectivity index (χ3v) is 6.28. The van der Waals surface area contributed by atoms with Crippen molar-refractivity contribution in [3.63, 3.8) is 0 Å². The number of thiophene rings is 1. The minimum atomic E-state index is -0.428. The molecule has 0 amide bonds. The molecular weight excluding hydrogens is 387 g/mol. The van der Waals surface area contributed by atoms with E-state index in [1.165, 1.54) is 35.5 Å². The zero-order chi connectivity index (χ0) is 19.0. The molecule has 0 radical (unpaired) electrons.